The largest absolute Gasteiger partial charge is 0.456 e. The topological polar surface area (TPSA) is 65.0 Å². The van der Waals surface area contributed by atoms with Gasteiger partial charge in [-0.25, -0.2) is 15.0 Å². The number of fused-ring (bicyclic) bond motifs is 6. The monoisotopic (exact) mass is 799 g/mol. The number of hydrogen-bond acceptors (Lipinski definition) is 5. The lowest BCUT2D eigenvalue weighted by Gasteiger charge is -2.12. The van der Waals surface area contributed by atoms with Crippen LogP contribution in [0.5, 0.6) is 0 Å². The van der Waals surface area contributed by atoms with Gasteiger partial charge in [0.15, 0.2) is 17.5 Å². The molecular weight excluding hydrogens is 759 g/mol. The molecule has 9 aromatic carbocycles. The van der Waals surface area contributed by atoms with Gasteiger partial charge in [-0.15, -0.1) is 0 Å². The lowest BCUT2D eigenvalue weighted by molar-refractivity contribution is 0.668. The molecule has 0 amide bonds. The van der Waals surface area contributed by atoms with Gasteiger partial charge in [0.1, 0.15) is 22.3 Å². The van der Waals surface area contributed by atoms with Crippen LogP contribution >= 0.6 is 0 Å². The Morgan fingerprint density at radius 3 is 1.61 bits per heavy atom. The van der Waals surface area contributed by atoms with Crippen molar-refractivity contribution in [3.8, 4) is 78.7 Å². The first kappa shape index (κ1) is 29.7. The molecule has 5 nitrogen and oxygen atoms in total. The van der Waals surface area contributed by atoms with Gasteiger partial charge in [0.25, 0.3) is 0 Å². The van der Waals surface area contributed by atoms with Gasteiger partial charge in [-0.1, -0.05) is 164 Å². The van der Waals surface area contributed by atoms with Crippen molar-refractivity contribution in [2.45, 2.75) is 0 Å². The number of benzene rings is 9. The fourth-order valence-corrected chi connectivity index (χ4v) is 8.25. The first-order valence-corrected chi connectivity index (χ1v) is 20.3. The van der Waals surface area contributed by atoms with Crippen molar-refractivity contribution < 1.29 is 17.1 Å². The van der Waals surface area contributed by atoms with Gasteiger partial charge in [0.05, 0.1) is 13.8 Å². The molecule has 0 aliphatic carbocycles. The van der Waals surface area contributed by atoms with Gasteiger partial charge >= 0.3 is 0 Å². The second-order valence-electron chi connectivity index (χ2n) is 15.1. The third kappa shape index (κ3) is 6.23. The summed E-state index contributed by atoms with van der Waals surface area (Å²) >= 11 is 0. The Kier molecular flexibility index (Phi) is 7.05. The molecule has 0 N–H and O–H groups in total. The molecule has 0 spiro atoms. The second-order valence-corrected chi connectivity index (χ2v) is 15.1. The minimum Gasteiger partial charge on any atom is -0.456 e. The first-order valence-electron chi connectivity index (χ1n) is 23.3. The van der Waals surface area contributed by atoms with Crippen molar-refractivity contribution in [2.75, 3.05) is 0 Å². The molecular formula is C57H35N3O2. The van der Waals surface area contributed by atoms with E-state index in [-0.39, 0.29) is 86.8 Å². The Morgan fingerprint density at radius 1 is 0.339 bits per heavy atom. The van der Waals surface area contributed by atoms with Crippen molar-refractivity contribution in [1.82, 2.24) is 15.0 Å². The smallest absolute Gasteiger partial charge is 0.167 e. The van der Waals surface area contributed by atoms with Crippen LogP contribution in [0.4, 0.5) is 0 Å². The fourth-order valence-electron chi connectivity index (χ4n) is 8.25. The van der Waals surface area contributed by atoms with Crippen molar-refractivity contribution in [3.63, 3.8) is 0 Å². The number of para-hydroxylation sites is 2. The van der Waals surface area contributed by atoms with Crippen LogP contribution in [-0.2, 0) is 0 Å². The maximum atomic E-state index is 9.80. The average molecular weight is 800 g/mol. The molecule has 3 aromatic heterocycles. The minimum absolute atomic E-state index is 0.0412. The molecule has 0 fully saturated rings. The van der Waals surface area contributed by atoms with E-state index in [9.17, 15) is 4.11 Å². The van der Waals surface area contributed by atoms with Crippen molar-refractivity contribution >= 4 is 43.9 Å². The summed E-state index contributed by atoms with van der Waals surface area (Å²) in [5.74, 6) is 0.444. The van der Waals surface area contributed by atoms with Gasteiger partial charge in [-0.3, -0.25) is 0 Å². The van der Waals surface area contributed by atoms with Crippen molar-refractivity contribution in [2.24, 2.45) is 0 Å². The van der Waals surface area contributed by atoms with Gasteiger partial charge in [-0.2, -0.15) is 0 Å². The third-order valence-corrected chi connectivity index (χ3v) is 11.3. The molecule has 0 aliphatic heterocycles. The van der Waals surface area contributed by atoms with E-state index in [0.29, 0.717) is 27.9 Å². The Hall–Kier alpha value is -8.41. The number of rotatable bonds is 7. The molecule has 0 radical (unpaired) electrons. The van der Waals surface area contributed by atoms with E-state index < -0.39 is 0 Å². The highest BCUT2D eigenvalue weighted by Gasteiger charge is 2.20. The zero-order chi connectivity index (χ0) is 46.2. The Morgan fingerprint density at radius 2 is 0.903 bits per heavy atom. The highest BCUT2D eigenvalue weighted by Crippen LogP contribution is 2.41. The summed E-state index contributed by atoms with van der Waals surface area (Å²) in [6.07, 6.45) is 0. The minimum atomic E-state index is -0.359. The summed E-state index contributed by atoms with van der Waals surface area (Å²) in [4.78, 5) is 15.2. The Labute approximate surface area is 365 Å². The van der Waals surface area contributed by atoms with E-state index in [1.807, 2.05) is 170 Å². The number of aromatic nitrogens is 3. The van der Waals surface area contributed by atoms with Crippen LogP contribution in [0.25, 0.3) is 123 Å². The van der Waals surface area contributed by atoms with Gasteiger partial charge in [-0.05, 0) is 93.0 Å². The zero-order valence-electron chi connectivity index (χ0n) is 38.9. The maximum Gasteiger partial charge on any atom is 0.167 e. The molecule has 0 saturated heterocycles. The molecule has 0 bridgehead atoms. The summed E-state index contributed by atoms with van der Waals surface area (Å²) in [5.41, 5.74) is 8.83. The molecule has 62 heavy (non-hydrogen) atoms. The molecule has 290 valence electrons. The number of nitrogens with zero attached hydrogens (tertiary/aromatic N) is 3. The van der Waals surface area contributed by atoms with E-state index >= 15 is 0 Å². The van der Waals surface area contributed by atoms with E-state index in [0.717, 1.165) is 44.2 Å². The normalized spacial score (nSPS) is 12.9. The fraction of sp³-hybridized carbons (Fsp3) is 0. The van der Waals surface area contributed by atoms with Gasteiger partial charge in [0, 0.05) is 32.7 Å². The lowest BCUT2D eigenvalue weighted by Crippen LogP contribution is -2.01. The summed E-state index contributed by atoms with van der Waals surface area (Å²) < 4.78 is 68.9. The Balaban J connectivity index is 1.12. The van der Waals surface area contributed by atoms with Crippen LogP contribution in [0.1, 0.15) is 8.22 Å². The van der Waals surface area contributed by atoms with Crippen LogP contribution in [-0.4, -0.2) is 15.0 Å². The lowest BCUT2D eigenvalue weighted by atomic mass is 9.95. The van der Waals surface area contributed by atoms with Gasteiger partial charge in [0.2, 0.25) is 0 Å². The molecule has 12 aromatic rings. The molecule has 0 unspecified atom stereocenters. The van der Waals surface area contributed by atoms with Crippen LogP contribution in [0, 0.1) is 0 Å². The standard InChI is InChI=1S/C57H35N3O2/c1-4-14-36(15-5-1)39-26-28-40(29-27-39)45-21-13-25-51-53(45)48-31-30-41(35-52(48)61-51)55-58-56(60-57(59-55)49-23-12-22-47-46-20-10-11-24-50(46)62-54(47)49)44-33-42(37-16-6-2-7-17-37)32-43(34-44)38-18-8-3-9-19-38/h1-35H/i13D,21D,25D,30D,31D,35D. The summed E-state index contributed by atoms with van der Waals surface area (Å²) in [7, 11) is 0. The highest BCUT2D eigenvalue weighted by molar-refractivity contribution is 6.13. The first-order chi connectivity index (χ1) is 33.2. The zero-order valence-corrected chi connectivity index (χ0v) is 32.9. The molecule has 3 heterocycles. The molecule has 5 heteroatoms. The molecule has 0 atom stereocenters. The maximum absolute atomic E-state index is 9.80. The summed E-state index contributed by atoms with van der Waals surface area (Å²) in [5, 5.41) is 2.09. The second kappa shape index (κ2) is 14.7. The van der Waals surface area contributed by atoms with E-state index in [1.54, 1.807) is 0 Å². The SMILES string of the molecule is [2H]c1c([2H])c(-c2ccc(-c3ccccc3)cc2)c2c(oc3c([2H])c(-c4nc(-c5cc(-c6ccccc6)cc(-c6ccccc6)c5)nc(-c5cccc6c5oc5ccccc56)n4)c([2H])c([2H])c32)c1[2H]. The van der Waals surface area contributed by atoms with Crippen molar-refractivity contribution in [3.05, 3.63) is 212 Å². The van der Waals surface area contributed by atoms with Crippen LogP contribution in [0.15, 0.2) is 221 Å². The van der Waals surface area contributed by atoms with Gasteiger partial charge < -0.3 is 8.83 Å². The Bertz CT molecular complexity index is 3910. The van der Waals surface area contributed by atoms with Crippen LogP contribution in [0.2, 0.25) is 0 Å². The average Bonchev–Trinajstić information content (AvgIpc) is 3.98. The molecule has 12 rings (SSSR count). The number of furan rings is 2. The predicted molar refractivity (Wildman–Crippen MR) is 252 cm³/mol. The summed E-state index contributed by atoms with van der Waals surface area (Å²) in [6, 6.07) is 55.2. The van der Waals surface area contributed by atoms with Crippen LogP contribution < -0.4 is 0 Å². The quantitative estimate of drug-likeness (QED) is 0.161. The highest BCUT2D eigenvalue weighted by atomic mass is 16.3. The van der Waals surface area contributed by atoms with Crippen molar-refractivity contribution in [1.29, 1.82) is 0 Å². The third-order valence-electron chi connectivity index (χ3n) is 11.3. The predicted octanol–water partition coefficient (Wildman–Crippen LogP) is 15.3. The molecule has 0 saturated carbocycles. The van der Waals surface area contributed by atoms with E-state index in [4.69, 9.17) is 27.9 Å². The molecule has 0 aliphatic rings. The van der Waals surface area contributed by atoms with Crippen LogP contribution in [0.3, 0.4) is 0 Å². The van der Waals surface area contributed by atoms with E-state index in [2.05, 4.69) is 6.07 Å². The summed E-state index contributed by atoms with van der Waals surface area (Å²) in [6.45, 7) is 0. The van der Waals surface area contributed by atoms with E-state index in [1.165, 1.54) is 0 Å². The number of hydrogen-bond donors (Lipinski definition) is 0.